The van der Waals surface area contributed by atoms with Crippen molar-refractivity contribution in [1.82, 2.24) is 10.2 Å². The van der Waals surface area contributed by atoms with E-state index in [1.54, 1.807) is 24.3 Å². The Morgan fingerprint density at radius 3 is 2.35 bits per heavy atom. The van der Waals surface area contributed by atoms with Crippen LogP contribution in [0.5, 0.6) is 0 Å². The second-order valence-electron chi connectivity index (χ2n) is 5.41. The van der Waals surface area contributed by atoms with Crippen LogP contribution in [0.4, 0.5) is 5.69 Å². The van der Waals surface area contributed by atoms with Crippen molar-refractivity contribution in [3.05, 3.63) is 53.2 Å². The molecule has 3 aromatic rings. The Morgan fingerprint density at radius 1 is 1.04 bits per heavy atom. The summed E-state index contributed by atoms with van der Waals surface area (Å²) in [6.45, 7) is 5.86. The van der Waals surface area contributed by atoms with Crippen molar-refractivity contribution in [2.45, 2.75) is 25.0 Å². The molecule has 2 aromatic heterocycles. The van der Waals surface area contributed by atoms with Crippen LogP contribution >= 0.6 is 11.3 Å². The van der Waals surface area contributed by atoms with Crippen molar-refractivity contribution in [3.63, 3.8) is 0 Å². The normalized spacial score (nSPS) is 11.6. The molecule has 120 valence electrons. The fourth-order valence-corrected chi connectivity index (χ4v) is 4.56. The van der Waals surface area contributed by atoms with Gasteiger partial charge in [0.05, 0.1) is 4.88 Å². The molecule has 0 fully saturated rings. The van der Waals surface area contributed by atoms with Gasteiger partial charge in [0.15, 0.2) is 0 Å². The molecule has 0 spiro atoms. The molecular formula is C16H17N3O2S2. The van der Waals surface area contributed by atoms with Crippen LogP contribution in [0.2, 0.25) is 0 Å². The molecule has 2 heterocycles. The minimum atomic E-state index is -3.59. The molecule has 2 N–H and O–H groups in total. The van der Waals surface area contributed by atoms with E-state index in [4.69, 9.17) is 0 Å². The predicted molar refractivity (Wildman–Crippen MR) is 93.4 cm³/mol. The molecule has 0 aliphatic rings. The van der Waals surface area contributed by atoms with Gasteiger partial charge in [-0.1, -0.05) is 17.7 Å². The van der Waals surface area contributed by atoms with Crippen LogP contribution in [-0.2, 0) is 10.0 Å². The van der Waals surface area contributed by atoms with Gasteiger partial charge in [-0.2, -0.15) is 5.10 Å². The van der Waals surface area contributed by atoms with E-state index in [2.05, 4.69) is 14.9 Å². The zero-order valence-corrected chi connectivity index (χ0v) is 14.7. The first kappa shape index (κ1) is 15.8. The highest BCUT2D eigenvalue weighted by Gasteiger charge is 2.19. The Balaban J connectivity index is 1.89. The molecule has 0 aliphatic heterocycles. The van der Waals surface area contributed by atoms with Crippen molar-refractivity contribution >= 4 is 27.0 Å². The Morgan fingerprint density at radius 2 is 1.74 bits per heavy atom. The number of anilines is 1. The molecule has 23 heavy (non-hydrogen) atoms. The van der Waals surface area contributed by atoms with Crippen LogP contribution in [0.3, 0.4) is 0 Å². The summed E-state index contributed by atoms with van der Waals surface area (Å²) < 4.78 is 27.9. The number of hydrogen-bond acceptors (Lipinski definition) is 4. The Kier molecular flexibility index (Phi) is 3.99. The van der Waals surface area contributed by atoms with Gasteiger partial charge in [0, 0.05) is 11.4 Å². The quantitative estimate of drug-likeness (QED) is 0.752. The van der Waals surface area contributed by atoms with Crippen LogP contribution < -0.4 is 4.72 Å². The van der Waals surface area contributed by atoms with Gasteiger partial charge in [0.1, 0.15) is 9.90 Å². The maximum absolute atomic E-state index is 12.5. The molecule has 7 heteroatoms. The summed E-state index contributed by atoms with van der Waals surface area (Å²) in [5.74, 6) is 0. The van der Waals surface area contributed by atoms with E-state index in [-0.39, 0.29) is 4.21 Å². The van der Waals surface area contributed by atoms with Gasteiger partial charge < -0.3 is 0 Å². The Labute approximate surface area is 139 Å². The minimum Gasteiger partial charge on any atom is -0.282 e. The van der Waals surface area contributed by atoms with Crippen molar-refractivity contribution in [1.29, 1.82) is 0 Å². The maximum atomic E-state index is 12.5. The topological polar surface area (TPSA) is 74.8 Å². The molecule has 0 saturated heterocycles. The number of benzene rings is 1. The number of aromatic amines is 1. The number of rotatable bonds is 4. The highest BCUT2D eigenvalue weighted by molar-refractivity contribution is 7.94. The number of hydrogen-bond donors (Lipinski definition) is 2. The zero-order valence-electron chi connectivity index (χ0n) is 13.0. The molecule has 0 saturated carbocycles. The number of aromatic nitrogens is 2. The average molecular weight is 347 g/mol. The summed E-state index contributed by atoms with van der Waals surface area (Å²) in [5.41, 5.74) is 4.44. The first-order valence-corrected chi connectivity index (χ1v) is 9.38. The van der Waals surface area contributed by atoms with Crippen molar-refractivity contribution in [2.75, 3.05) is 4.72 Å². The fourth-order valence-electron chi connectivity index (χ4n) is 2.14. The Bertz CT molecular complexity index is 938. The van der Waals surface area contributed by atoms with Gasteiger partial charge in [-0.25, -0.2) is 8.42 Å². The standard InChI is InChI=1S/C16H17N3O2S2/c1-10-4-6-13(7-5-10)19-23(20,21)15-9-8-14(22-15)16-11(2)12(3)17-18-16/h4-9,19H,1-3H3,(H,17,18). The van der Waals surface area contributed by atoms with E-state index >= 15 is 0 Å². The van der Waals surface area contributed by atoms with Gasteiger partial charge in [-0.3, -0.25) is 9.82 Å². The minimum absolute atomic E-state index is 0.271. The summed E-state index contributed by atoms with van der Waals surface area (Å²) in [6.07, 6.45) is 0. The molecule has 0 bridgehead atoms. The van der Waals surface area contributed by atoms with Gasteiger partial charge >= 0.3 is 0 Å². The molecule has 0 radical (unpaired) electrons. The lowest BCUT2D eigenvalue weighted by atomic mass is 10.2. The number of nitrogens with zero attached hydrogens (tertiary/aromatic N) is 1. The summed E-state index contributed by atoms with van der Waals surface area (Å²) in [5, 5.41) is 7.16. The third-order valence-electron chi connectivity index (χ3n) is 3.64. The largest absolute Gasteiger partial charge is 0.282 e. The second kappa shape index (κ2) is 5.82. The number of aryl methyl sites for hydroxylation is 2. The lowest BCUT2D eigenvalue weighted by Gasteiger charge is -2.06. The molecule has 0 aliphatic carbocycles. The van der Waals surface area contributed by atoms with Crippen molar-refractivity contribution in [3.8, 4) is 10.6 Å². The van der Waals surface area contributed by atoms with E-state index in [0.29, 0.717) is 5.69 Å². The molecule has 1 aromatic carbocycles. The molecule has 0 amide bonds. The zero-order chi connectivity index (χ0) is 16.6. The van der Waals surface area contributed by atoms with Gasteiger partial charge in [-0.05, 0) is 50.6 Å². The second-order valence-corrected chi connectivity index (χ2v) is 8.41. The Hall–Kier alpha value is -2.12. The fraction of sp³-hybridized carbons (Fsp3) is 0.188. The number of H-pyrrole nitrogens is 1. The molecule has 3 rings (SSSR count). The third-order valence-corrected chi connectivity index (χ3v) is 6.60. The van der Waals surface area contributed by atoms with E-state index < -0.39 is 10.0 Å². The van der Waals surface area contributed by atoms with Crippen LogP contribution in [0.1, 0.15) is 16.8 Å². The highest BCUT2D eigenvalue weighted by Crippen LogP contribution is 2.32. The van der Waals surface area contributed by atoms with Crippen LogP contribution in [0, 0.1) is 20.8 Å². The van der Waals surface area contributed by atoms with Gasteiger partial charge in [0.25, 0.3) is 10.0 Å². The van der Waals surface area contributed by atoms with E-state index in [0.717, 1.165) is 27.4 Å². The number of sulfonamides is 1. The van der Waals surface area contributed by atoms with Gasteiger partial charge in [0.2, 0.25) is 0 Å². The lowest BCUT2D eigenvalue weighted by Crippen LogP contribution is -2.11. The SMILES string of the molecule is Cc1ccc(NS(=O)(=O)c2ccc(-c3n[nH]c(C)c3C)s2)cc1. The maximum Gasteiger partial charge on any atom is 0.271 e. The molecular weight excluding hydrogens is 330 g/mol. The van der Waals surface area contributed by atoms with Crippen molar-refractivity contribution < 1.29 is 8.42 Å². The monoisotopic (exact) mass is 347 g/mol. The van der Waals surface area contributed by atoms with Crippen LogP contribution in [-0.4, -0.2) is 18.6 Å². The van der Waals surface area contributed by atoms with Crippen molar-refractivity contribution in [2.24, 2.45) is 0 Å². The first-order valence-electron chi connectivity index (χ1n) is 7.08. The lowest BCUT2D eigenvalue weighted by molar-refractivity contribution is 0.603. The molecule has 0 unspecified atom stereocenters. The van der Waals surface area contributed by atoms with E-state index in [9.17, 15) is 8.42 Å². The smallest absolute Gasteiger partial charge is 0.271 e. The third kappa shape index (κ3) is 3.16. The molecule has 5 nitrogen and oxygen atoms in total. The summed E-state index contributed by atoms with van der Waals surface area (Å²) >= 11 is 1.21. The first-order chi connectivity index (χ1) is 10.9. The predicted octanol–water partition coefficient (Wildman–Crippen LogP) is 3.86. The average Bonchev–Trinajstić information content (AvgIpc) is 3.10. The highest BCUT2D eigenvalue weighted by atomic mass is 32.2. The van der Waals surface area contributed by atoms with Gasteiger partial charge in [-0.15, -0.1) is 11.3 Å². The van der Waals surface area contributed by atoms with Crippen LogP contribution in [0.15, 0.2) is 40.6 Å². The number of thiophene rings is 1. The summed E-state index contributed by atoms with van der Waals surface area (Å²) in [6, 6.07) is 10.6. The number of nitrogens with one attached hydrogen (secondary N) is 2. The molecule has 0 atom stereocenters. The van der Waals surface area contributed by atoms with Crippen LogP contribution in [0.25, 0.3) is 10.6 Å². The summed E-state index contributed by atoms with van der Waals surface area (Å²) in [7, 11) is -3.59. The van der Waals surface area contributed by atoms with E-state index in [1.807, 2.05) is 32.9 Å². The van der Waals surface area contributed by atoms with E-state index in [1.165, 1.54) is 11.3 Å². The summed E-state index contributed by atoms with van der Waals surface area (Å²) in [4.78, 5) is 0.830.